The van der Waals surface area contributed by atoms with E-state index in [2.05, 4.69) is 10.0 Å². The molecule has 0 saturated carbocycles. The van der Waals surface area contributed by atoms with Gasteiger partial charge in [-0.1, -0.05) is 13.8 Å². The molecule has 6 heteroatoms. The Hall–Kier alpha value is -0.620. The van der Waals surface area contributed by atoms with E-state index in [1.807, 2.05) is 13.8 Å². The molecule has 2 N–H and O–H groups in total. The molecule has 0 aromatic carbocycles. The molecular weight excluding hydrogens is 216 g/mol. The zero-order valence-electron chi connectivity index (χ0n) is 9.54. The summed E-state index contributed by atoms with van der Waals surface area (Å²) in [6, 6.07) is 0. The first-order chi connectivity index (χ1) is 6.87. The van der Waals surface area contributed by atoms with Crippen molar-refractivity contribution in [3.63, 3.8) is 0 Å². The monoisotopic (exact) mass is 236 g/mol. The molecule has 15 heavy (non-hydrogen) atoms. The number of nitrogens with one attached hydrogen (secondary N) is 2. The molecule has 0 bridgehead atoms. The molecule has 0 radical (unpaired) electrons. The maximum absolute atomic E-state index is 11.2. The Morgan fingerprint density at radius 1 is 1.33 bits per heavy atom. The average molecular weight is 236 g/mol. The van der Waals surface area contributed by atoms with Crippen LogP contribution in [0.25, 0.3) is 0 Å². The molecule has 1 amide bonds. The second-order valence-electron chi connectivity index (χ2n) is 3.75. The number of sulfonamides is 1. The van der Waals surface area contributed by atoms with Crippen LogP contribution in [0.5, 0.6) is 0 Å². The SMILES string of the molecule is CCS(=O)(=O)NCCC(=O)NCC(C)C. The van der Waals surface area contributed by atoms with E-state index in [0.29, 0.717) is 12.5 Å². The second kappa shape index (κ2) is 6.79. The van der Waals surface area contributed by atoms with Crippen molar-refractivity contribution in [3.8, 4) is 0 Å². The highest BCUT2D eigenvalue weighted by Crippen LogP contribution is 1.89. The lowest BCUT2D eigenvalue weighted by molar-refractivity contribution is -0.121. The van der Waals surface area contributed by atoms with Crippen molar-refractivity contribution in [1.82, 2.24) is 10.0 Å². The molecule has 0 rings (SSSR count). The first-order valence-corrected chi connectivity index (χ1v) is 6.76. The average Bonchev–Trinajstić information content (AvgIpc) is 2.14. The first kappa shape index (κ1) is 14.4. The Kier molecular flexibility index (Phi) is 6.51. The number of amides is 1. The van der Waals surface area contributed by atoms with E-state index in [1.165, 1.54) is 0 Å². The van der Waals surface area contributed by atoms with Gasteiger partial charge < -0.3 is 5.32 Å². The van der Waals surface area contributed by atoms with Crippen LogP contribution in [-0.4, -0.2) is 33.2 Å². The van der Waals surface area contributed by atoms with E-state index in [0.717, 1.165) is 0 Å². The molecule has 0 aliphatic heterocycles. The lowest BCUT2D eigenvalue weighted by Crippen LogP contribution is -2.32. The Balaban J connectivity index is 3.65. The van der Waals surface area contributed by atoms with Crippen molar-refractivity contribution >= 4 is 15.9 Å². The van der Waals surface area contributed by atoms with Gasteiger partial charge in [0.25, 0.3) is 0 Å². The summed E-state index contributed by atoms with van der Waals surface area (Å²) in [6.07, 6.45) is 0.186. The molecule has 0 aromatic rings. The van der Waals surface area contributed by atoms with Crippen LogP contribution in [0.3, 0.4) is 0 Å². The van der Waals surface area contributed by atoms with E-state index in [9.17, 15) is 13.2 Å². The molecular formula is C9H20N2O3S. The highest BCUT2D eigenvalue weighted by molar-refractivity contribution is 7.89. The minimum atomic E-state index is -3.18. The van der Waals surface area contributed by atoms with Crippen molar-refractivity contribution in [2.45, 2.75) is 27.2 Å². The lowest BCUT2D eigenvalue weighted by atomic mass is 10.2. The third-order valence-corrected chi connectivity index (χ3v) is 3.17. The van der Waals surface area contributed by atoms with Gasteiger partial charge in [0.15, 0.2) is 0 Å². The van der Waals surface area contributed by atoms with Crippen LogP contribution in [-0.2, 0) is 14.8 Å². The van der Waals surface area contributed by atoms with Crippen LogP contribution in [0.2, 0.25) is 0 Å². The highest BCUT2D eigenvalue weighted by atomic mass is 32.2. The Labute approximate surface area is 91.7 Å². The van der Waals surface area contributed by atoms with Crippen molar-refractivity contribution in [1.29, 1.82) is 0 Å². The van der Waals surface area contributed by atoms with Gasteiger partial charge in [-0.3, -0.25) is 4.79 Å². The number of carbonyl (C=O) groups is 1. The molecule has 0 atom stereocenters. The van der Waals surface area contributed by atoms with Gasteiger partial charge in [-0.15, -0.1) is 0 Å². The van der Waals surface area contributed by atoms with E-state index in [4.69, 9.17) is 0 Å². The normalized spacial score (nSPS) is 11.7. The zero-order chi connectivity index (χ0) is 11.9. The molecule has 0 spiro atoms. The van der Waals surface area contributed by atoms with Gasteiger partial charge in [-0.05, 0) is 12.8 Å². The zero-order valence-corrected chi connectivity index (χ0v) is 10.4. The Morgan fingerprint density at radius 3 is 2.40 bits per heavy atom. The second-order valence-corrected chi connectivity index (χ2v) is 5.84. The number of rotatable bonds is 7. The van der Waals surface area contributed by atoms with Crippen LogP contribution in [0.15, 0.2) is 0 Å². The Morgan fingerprint density at radius 2 is 1.93 bits per heavy atom. The molecule has 0 saturated heterocycles. The van der Waals surface area contributed by atoms with Crippen LogP contribution in [0, 0.1) is 5.92 Å². The summed E-state index contributed by atoms with van der Waals surface area (Å²) >= 11 is 0. The fourth-order valence-electron chi connectivity index (χ4n) is 0.828. The van der Waals surface area contributed by atoms with E-state index < -0.39 is 10.0 Å². The van der Waals surface area contributed by atoms with Crippen molar-refractivity contribution in [3.05, 3.63) is 0 Å². The van der Waals surface area contributed by atoms with Gasteiger partial charge in [0.2, 0.25) is 15.9 Å². The predicted molar refractivity (Wildman–Crippen MR) is 59.9 cm³/mol. The highest BCUT2D eigenvalue weighted by Gasteiger charge is 2.07. The molecule has 0 fully saturated rings. The van der Waals surface area contributed by atoms with Crippen molar-refractivity contribution < 1.29 is 13.2 Å². The van der Waals surface area contributed by atoms with Gasteiger partial charge in [0.1, 0.15) is 0 Å². The van der Waals surface area contributed by atoms with Gasteiger partial charge in [-0.2, -0.15) is 0 Å². The fourth-order valence-corrected chi connectivity index (χ4v) is 1.45. The third kappa shape index (κ3) is 8.38. The molecule has 0 heterocycles. The lowest BCUT2D eigenvalue weighted by Gasteiger charge is -2.07. The van der Waals surface area contributed by atoms with E-state index in [-0.39, 0.29) is 24.6 Å². The summed E-state index contributed by atoms with van der Waals surface area (Å²) in [7, 11) is -3.18. The van der Waals surface area contributed by atoms with Gasteiger partial charge in [0.05, 0.1) is 5.75 Å². The third-order valence-electron chi connectivity index (χ3n) is 1.76. The topological polar surface area (TPSA) is 75.3 Å². The van der Waals surface area contributed by atoms with Gasteiger partial charge in [-0.25, -0.2) is 13.1 Å². The quantitative estimate of drug-likeness (QED) is 0.657. The van der Waals surface area contributed by atoms with Crippen LogP contribution < -0.4 is 10.0 Å². The molecule has 0 unspecified atom stereocenters. The minimum absolute atomic E-state index is 0.0423. The number of hydrogen-bond donors (Lipinski definition) is 2. The largest absolute Gasteiger partial charge is 0.356 e. The van der Waals surface area contributed by atoms with Gasteiger partial charge >= 0.3 is 0 Å². The smallest absolute Gasteiger partial charge is 0.221 e. The molecule has 0 aliphatic rings. The summed E-state index contributed by atoms with van der Waals surface area (Å²) in [6.45, 7) is 6.35. The maximum atomic E-state index is 11.2. The molecule has 5 nitrogen and oxygen atoms in total. The van der Waals surface area contributed by atoms with E-state index in [1.54, 1.807) is 6.92 Å². The summed E-state index contributed by atoms with van der Waals surface area (Å²) in [4.78, 5) is 11.2. The standard InChI is InChI=1S/C9H20N2O3S/c1-4-15(13,14)11-6-5-9(12)10-7-8(2)3/h8,11H,4-7H2,1-3H3,(H,10,12). The summed E-state index contributed by atoms with van der Waals surface area (Å²) in [5.41, 5.74) is 0. The Bertz CT molecular complexity index is 286. The molecule has 90 valence electrons. The van der Waals surface area contributed by atoms with Crippen molar-refractivity contribution in [2.24, 2.45) is 5.92 Å². The number of hydrogen-bond acceptors (Lipinski definition) is 3. The summed E-state index contributed by atoms with van der Waals surface area (Å²) in [5.74, 6) is 0.324. The van der Waals surface area contributed by atoms with Crippen LogP contribution >= 0.6 is 0 Å². The fraction of sp³-hybridized carbons (Fsp3) is 0.889. The van der Waals surface area contributed by atoms with Gasteiger partial charge in [0, 0.05) is 19.5 Å². The predicted octanol–water partition coefficient (Wildman–Crippen LogP) is 0.0880. The van der Waals surface area contributed by atoms with E-state index >= 15 is 0 Å². The molecule has 0 aromatic heterocycles. The summed E-state index contributed by atoms with van der Waals surface area (Å²) < 4.78 is 24.3. The minimum Gasteiger partial charge on any atom is -0.356 e. The van der Waals surface area contributed by atoms with Crippen LogP contribution in [0.1, 0.15) is 27.2 Å². The number of carbonyl (C=O) groups excluding carboxylic acids is 1. The maximum Gasteiger partial charge on any atom is 0.221 e. The summed E-state index contributed by atoms with van der Waals surface area (Å²) in [5, 5.41) is 2.71. The van der Waals surface area contributed by atoms with Crippen molar-refractivity contribution in [2.75, 3.05) is 18.8 Å². The first-order valence-electron chi connectivity index (χ1n) is 5.11. The van der Waals surface area contributed by atoms with Crippen LogP contribution in [0.4, 0.5) is 0 Å². The molecule has 0 aliphatic carbocycles.